The molecule has 0 bridgehead atoms. The Kier molecular flexibility index (Phi) is 7.36. The highest BCUT2D eigenvalue weighted by Gasteiger charge is 2.37. The van der Waals surface area contributed by atoms with Gasteiger partial charge in [0.15, 0.2) is 0 Å². The van der Waals surface area contributed by atoms with E-state index < -0.39 is 36.2 Å². The Morgan fingerprint density at radius 1 is 0.939 bits per heavy atom. The molecule has 2 unspecified atom stereocenters. The molecular weight excluding hydrogens is 450 g/mol. The van der Waals surface area contributed by atoms with Crippen molar-refractivity contribution in [3.63, 3.8) is 0 Å². The molecule has 1 heterocycles. The molecule has 10 heteroatoms. The molecule has 3 rings (SSSR count). The molecule has 0 radical (unpaired) electrons. The Labute approximate surface area is 187 Å². The molecule has 0 amide bonds. The van der Waals surface area contributed by atoms with Gasteiger partial charge in [0, 0.05) is 6.54 Å². The number of rotatable bonds is 7. The lowest BCUT2D eigenvalue weighted by molar-refractivity contribution is -0.143. The minimum Gasteiger partial charge on any atom is -0.374 e. The second-order valence-corrected chi connectivity index (χ2v) is 8.09. The second kappa shape index (κ2) is 9.71. The molecule has 2 aromatic carbocycles. The first-order valence-electron chi connectivity index (χ1n) is 10.1. The van der Waals surface area contributed by atoms with Crippen LogP contribution < -0.4 is 0 Å². The van der Waals surface area contributed by atoms with E-state index in [0.29, 0.717) is 24.1 Å². The van der Waals surface area contributed by atoms with E-state index in [-0.39, 0.29) is 24.3 Å². The maximum absolute atomic E-state index is 13.1. The van der Waals surface area contributed by atoms with Crippen LogP contribution in [0.25, 0.3) is 0 Å². The number of halogens is 6. The summed E-state index contributed by atoms with van der Waals surface area (Å²) in [7, 11) is 3.83. The molecule has 4 nitrogen and oxygen atoms in total. The standard InChI is InChI=1S/C23H22F6N2O2/c1-31(2)6-5-20-18-4-3-14(11-30)9-19(18)21(33-20)13-32-12-15-7-16(22(24,25)26)10-17(8-15)23(27,28)29/h3-4,7-10,20-21H,5-6,12-13H2,1-2H3. The molecule has 2 aromatic rings. The van der Waals surface area contributed by atoms with Crippen LogP contribution in [-0.2, 0) is 28.4 Å². The topological polar surface area (TPSA) is 45.5 Å². The van der Waals surface area contributed by atoms with Crippen LogP contribution in [0.4, 0.5) is 26.3 Å². The maximum Gasteiger partial charge on any atom is 0.416 e. The summed E-state index contributed by atoms with van der Waals surface area (Å²) in [4.78, 5) is 1.99. The predicted octanol–water partition coefficient (Wildman–Crippen LogP) is 5.88. The van der Waals surface area contributed by atoms with E-state index in [4.69, 9.17) is 9.47 Å². The molecule has 2 atom stereocenters. The van der Waals surface area contributed by atoms with Crippen molar-refractivity contribution in [2.75, 3.05) is 27.2 Å². The van der Waals surface area contributed by atoms with Crippen molar-refractivity contribution >= 4 is 0 Å². The Bertz CT molecular complexity index is 995. The van der Waals surface area contributed by atoms with E-state index in [1.807, 2.05) is 25.1 Å². The number of ether oxygens (including phenoxy) is 2. The molecule has 0 fully saturated rings. The quantitative estimate of drug-likeness (QED) is 0.473. The summed E-state index contributed by atoms with van der Waals surface area (Å²) in [5, 5.41) is 9.19. The fourth-order valence-electron chi connectivity index (χ4n) is 3.68. The van der Waals surface area contributed by atoms with Crippen molar-refractivity contribution < 1.29 is 35.8 Å². The average Bonchev–Trinajstić information content (AvgIpc) is 3.07. The first-order chi connectivity index (χ1) is 15.4. The Balaban J connectivity index is 1.76. The summed E-state index contributed by atoms with van der Waals surface area (Å²) in [6.07, 6.45) is -10.0. The smallest absolute Gasteiger partial charge is 0.374 e. The van der Waals surface area contributed by atoms with Crippen LogP contribution in [0.5, 0.6) is 0 Å². The van der Waals surface area contributed by atoms with Gasteiger partial charge in [0.05, 0.1) is 42.1 Å². The van der Waals surface area contributed by atoms with Crippen molar-refractivity contribution in [3.05, 3.63) is 69.8 Å². The maximum atomic E-state index is 13.1. The van der Waals surface area contributed by atoms with Crippen LogP contribution in [0.15, 0.2) is 36.4 Å². The summed E-state index contributed by atoms with van der Waals surface area (Å²) in [5.41, 5.74) is -0.976. The zero-order valence-corrected chi connectivity index (χ0v) is 17.9. The normalized spacial score (nSPS) is 18.4. The first-order valence-corrected chi connectivity index (χ1v) is 10.1. The molecule has 0 saturated heterocycles. The fourth-order valence-corrected chi connectivity index (χ4v) is 3.68. The summed E-state index contributed by atoms with van der Waals surface area (Å²) in [6.45, 7) is 0.197. The predicted molar refractivity (Wildman–Crippen MR) is 107 cm³/mol. The Morgan fingerprint density at radius 3 is 2.12 bits per heavy atom. The number of benzene rings is 2. The summed E-state index contributed by atoms with van der Waals surface area (Å²) < 4.78 is 89.9. The van der Waals surface area contributed by atoms with Gasteiger partial charge in [0.1, 0.15) is 6.10 Å². The number of nitriles is 1. The van der Waals surface area contributed by atoms with Crippen LogP contribution in [0.3, 0.4) is 0 Å². The number of alkyl halides is 6. The minimum atomic E-state index is -4.92. The third-order valence-electron chi connectivity index (χ3n) is 5.26. The lowest BCUT2D eigenvalue weighted by Crippen LogP contribution is -2.16. The zero-order chi connectivity index (χ0) is 24.4. The molecule has 1 aliphatic rings. The highest BCUT2D eigenvalue weighted by atomic mass is 19.4. The van der Waals surface area contributed by atoms with Gasteiger partial charge in [-0.15, -0.1) is 0 Å². The number of fused-ring (bicyclic) bond motifs is 1. The molecule has 1 aliphatic heterocycles. The Hall–Kier alpha value is -2.61. The molecule has 178 valence electrons. The van der Waals surface area contributed by atoms with Crippen molar-refractivity contribution in [2.24, 2.45) is 0 Å². The van der Waals surface area contributed by atoms with Gasteiger partial charge in [-0.25, -0.2) is 0 Å². The second-order valence-electron chi connectivity index (χ2n) is 8.09. The number of nitrogens with zero attached hydrogens (tertiary/aromatic N) is 2. The van der Waals surface area contributed by atoms with Crippen LogP contribution in [0.2, 0.25) is 0 Å². The van der Waals surface area contributed by atoms with Gasteiger partial charge in [-0.05, 0) is 67.5 Å². The van der Waals surface area contributed by atoms with Crippen molar-refractivity contribution in [3.8, 4) is 6.07 Å². The van der Waals surface area contributed by atoms with Crippen LogP contribution in [0, 0.1) is 11.3 Å². The van der Waals surface area contributed by atoms with E-state index in [2.05, 4.69) is 0 Å². The molecule has 0 aromatic heterocycles. The van der Waals surface area contributed by atoms with Gasteiger partial charge in [0.25, 0.3) is 0 Å². The highest BCUT2D eigenvalue weighted by molar-refractivity contribution is 5.42. The van der Waals surface area contributed by atoms with Crippen LogP contribution in [0.1, 0.15) is 52.0 Å². The van der Waals surface area contributed by atoms with E-state index >= 15 is 0 Å². The summed E-state index contributed by atoms with van der Waals surface area (Å²) in [5.74, 6) is 0. The molecular formula is C23H22F6N2O2. The van der Waals surface area contributed by atoms with Crippen LogP contribution in [-0.4, -0.2) is 32.1 Å². The fraction of sp³-hybridized carbons (Fsp3) is 0.435. The third-order valence-corrected chi connectivity index (χ3v) is 5.26. The monoisotopic (exact) mass is 472 g/mol. The molecule has 0 spiro atoms. The average molecular weight is 472 g/mol. The van der Waals surface area contributed by atoms with E-state index in [9.17, 15) is 31.6 Å². The highest BCUT2D eigenvalue weighted by Crippen LogP contribution is 2.42. The van der Waals surface area contributed by atoms with Gasteiger partial charge >= 0.3 is 12.4 Å². The summed E-state index contributed by atoms with van der Waals surface area (Å²) >= 11 is 0. The first kappa shape index (κ1) is 25.0. The van der Waals surface area contributed by atoms with Gasteiger partial charge < -0.3 is 14.4 Å². The molecule has 0 N–H and O–H groups in total. The molecule has 33 heavy (non-hydrogen) atoms. The van der Waals surface area contributed by atoms with Gasteiger partial charge in [-0.3, -0.25) is 0 Å². The van der Waals surface area contributed by atoms with E-state index in [1.54, 1.807) is 18.2 Å². The number of hydrogen-bond acceptors (Lipinski definition) is 4. The third kappa shape index (κ3) is 6.25. The number of hydrogen-bond donors (Lipinski definition) is 0. The lowest BCUT2D eigenvalue weighted by atomic mass is 9.98. The van der Waals surface area contributed by atoms with Gasteiger partial charge in [0.2, 0.25) is 0 Å². The lowest BCUT2D eigenvalue weighted by Gasteiger charge is -2.17. The Morgan fingerprint density at radius 2 is 1.58 bits per heavy atom. The summed E-state index contributed by atoms with van der Waals surface area (Å²) in [6, 6.07) is 8.57. The van der Waals surface area contributed by atoms with Crippen molar-refractivity contribution in [2.45, 2.75) is 37.6 Å². The molecule has 0 aliphatic carbocycles. The zero-order valence-electron chi connectivity index (χ0n) is 17.9. The SMILES string of the molecule is CN(C)CCC1OC(COCc2cc(C(F)(F)F)cc(C(F)(F)F)c2)c2cc(C#N)ccc21. The van der Waals surface area contributed by atoms with Gasteiger partial charge in [-0.2, -0.15) is 31.6 Å². The molecule has 0 saturated carbocycles. The van der Waals surface area contributed by atoms with Crippen molar-refractivity contribution in [1.82, 2.24) is 4.90 Å². The van der Waals surface area contributed by atoms with E-state index in [0.717, 1.165) is 17.7 Å². The van der Waals surface area contributed by atoms with Crippen LogP contribution >= 0.6 is 0 Å². The van der Waals surface area contributed by atoms with E-state index in [1.165, 1.54) is 0 Å². The van der Waals surface area contributed by atoms with Gasteiger partial charge in [-0.1, -0.05) is 6.07 Å². The largest absolute Gasteiger partial charge is 0.416 e. The minimum absolute atomic E-state index is 0.0819. The van der Waals surface area contributed by atoms with Crippen molar-refractivity contribution in [1.29, 1.82) is 5.26 Å².